The summed E-state index contributed by atoms with van der Waals surface area (Å²) < 4.78 is 26.5. The number of halogens is 1. The second-order valence-electron chi connectivity index (χ2n) is 12.0. The molecule has 0 bridgehead atoms. The highest BCUT2D eigenvalue weighted by Crippen LogP contribution is 2.35. The number of ether oxygens (including phenoxy) is 2. The zero-order valence-corrected chi connectivity index (χ0v) is 24.0. The molecule has 0 saturated carbocycles. The average molecular weight is 520 g/mol. The number of amides is 2. The van der Waals surface area contributed by atoms with E-state index in [0.717, 1.165) is 0 Å². The van der Waals surface area contributed by atoms with E-state index in [-0.39, 0.29) is 30.0 Å². The maximum atomic E-state index is 14.0. The molecule has 1 aromatic rings. The molecule has 1 fully saturated rings. The number of alkyl halides is 1. The van der Waals surface area contributed by atoms with Crippen LogP contribution in [0.25, 0.3) is 0 Å². The molecule has 0 N–H and O–H groups in total. The number of anilines is 1. The maximum absolute atomic E-state index is 14.0. The lowest BCUT2D eigenvalue weighted by molar-refractivity contribution is 0.0202. The van der Waals surface area contributed by atoms with E-state index in [1.807, 2.05) is 0 Å². The molecule has 198 valence electrons. The van der Waals surface area contributed by atoms with Gasteiger partial charge in [0.1, 0.15) is 37.6 Å². The molecule has 0 radical (unpaired) electrons. The molecule has 1 saturated heterocycles. The van der Waals surface area contributed by atoms with Gasteiger partial charge in [-0.2, -0.15) is 10.4 Å². The van der Waals surface area contributed by atoms with Crippen molar-refractivity contribution in [1.29, 1.82) is 5.26 Å². The van der Waals surface area contributed by atoms with Crippen LogP contribution in [0.2, 0.25) is 19.6 Å². The minimum Gasteiger partial charge on any atom is -0.444 e. The van der Waals surface area contributed by atoms with Crippen LogP contribution >= 0.6 is 0 Å². The number of likely N-dealkylation sites (tertiary alicyclic amines) is 1. The van der Waals surface area contributed by atoms with Crippen LogP contribution in [0.4, 0.5) is 19.8 Å². The molecular weight excluding hydrogens is 481 g/mol. The monoisotopic (exact) mass is 519 g/mol. The van der Waals surface area contributed by atoms with E-state index in [9.17, 15) is 19.2 Å². The number of nitriles is 1. The molecule has 2 heterocycles. The lowest BCUT2D eigenvalue weighted by atomic mass is 10.2. The summed E-state index contributed by atoms with van der Waals surface area (Å²) in [6.07, 6.45) is -1.06. The Morgan fingerprint density at radius 2 is 1.75 bits per heavy atom. The highest BCUT2D eigenvalue weighted by Gasteiger charge is 2.41. The minimum absolute atomic E-state index is 0.103. The third-order valence-electron chi connectivity index (χ3n) is 5.08. The summed E-state index contributed by atoms with van der Waals surface area (Å²) in [5, 5.41) is 14.6. The van der Waals surface area contributed by atoms with Gasteiger partial charge in [-0.15, -0.1) is 5.54 Å². The maximum Gasteiger partial charge on any atom is 0.415 e. The van der Waals surface area contributed by atoms with Crippen molar-refractivity contribution in [3.63, 3.8) is 0 Å². The molecule has 0 aromatic carbocycles. The standard InChI is InChI=1S/C25H38FN5O4Si/c1-24(2,3)34-22(32)29(7)21-19(15-27)20(11-12-36(8,9)10)28-31(21)18-13-17(14-26)30(16-18)23(33)35-25(4,5)6/h17-18H,13-14,16H2,1-10H3. The van der Waals surface area contributed by atoms with E-state index in [2.05, 4.69) is 42.3 Å². The van der Waals surface area contributed by atoms with Gasteiger partial charge in [-0.3, -0.25) is 4.90 Å². The number of hydrogen-bond acceptors (Lipinski definition) is 6. The van der Waals surface area contributed by atoms with Crippen LogP contribution in [0.15, 0.2) is 0 Å². The van der Waals surface area contributed by atoms with Gasteiger partial charge in [-0.05, 0) is 48.0 Å². The van der Waals surface area contributed by atoms with Gasteiger partial charge in [-0.25, -0.2) is 18.7 Å². The Morgan fingerprint density at radius 3 is 2.22 bits per heavy atom. The van der Waals surface area contributed by atoms with Crippen molar-refractivity contribution in [2.45, 2.75) is 90.9 Å². The van der Waals surface area contributed by atoms with E-state index in [0.29, 0.717) is 0 Å². The molecule has 11 heteroatoms. The predicted molar refractivity (Wildman–Crippen MR) is 138 cm³/mol. The number of hydrogen-bond donors (Lipinski definition) is 0. The second kappa shape index (κ2) is 10.5. The highest BCUT2D eigenvalue weighted by atomic mass is 28.3. The summed E-state index contributed by atoms with van der Waals surface area (Å²) in [5.41, 5.74) is 2.07. The quantitative estimate of drug-likeness (QED) is 0.417. The summed E-state index contributed by atoms with van der Waals surface area (Å²) in [5.74, 6) is 3.21. The Bertz CT molecular complexity index is 1100. The first-order chi connectivity index (χ1) is 16.4. The van der Waals surface area contributed by atoms with Gasteiger partial charge in [0.05, 0.1) is 12.1 Å². The fraction of sp³-hybridized carbons (Fsp3) is 0.680. The van der Waals surface area contributed by atoms with E-state index < -0.39 is 50.2 Å². The summed E-state index contributed by atoms with van der Waals surface area (Å²) in [6, 6.07) is 0.901. The van der Waals surface area contributed by atoms with Crippen LogP contribution < -0.4 is 4.90 Å². The minimum atomic E-state index is -1.81. The van der Waals surface area contributed by atoms with Gasteiger partial charge >= 0.3 is 12.2 Å². The zero-order chi connectivity index (χ0) is 27.6. The van der Waals surface area contributed by atoms with E-state index in [4.69, 9.17) is 9.47 Å². The molecule has 36 heavy (non-hydrogen) atoms. The van der Waals surface area contributed by atoms with Gasteiger partial charge in [0.25, 0.3) is 0 Å². The van der Waals surface area contributed by atoms with Crippen molar-refractivity contribution in [2.75, 3.05) is 25.2 Å². The van der Waals surface area contributed by atoms with Crippen molar-refractivity contribution >= 4 is 26.1 Å². The first kappa shape index (κ1) is 29.2. The van der Waals surface area contributed by atoms with Crippen molar-refractivity contribution in [3.05, 3.63) is 11.3 Å². The van der Waals surface area contributed by atoms with Crippen molar-refractivity contribution in [2.24, 2.45) is 0 Å². The van der Waals surface area contributed by atoms with Gasteiger partial charge in [0.15, 0.2) is 11.5 Å². The zero-order valence-electron chi connectivity index (χ0n) is 23.0. The fourth-order valence-corrected chi connectivity index (χ4v) is 4.11. The van der Waals surface area contributed by atoms with Crippen LogP contribution in [0.1, 0.15) is 65.3 Å². The molecule has 9 nitrogen and oxygen atoms in total. The molecule has 1 aromatic heterocycles. The highest BCUT2D eigenvalue weighted by molar-refractivity contribution is 6.83. The summed E-state index contributed by atoms with van der Waals surface area (Å²) in [6.45, 7) is 16.0. The largest absolute Gasteiger partial charge is 0.444 e. The van der Waals surface area contributed by atoms with Crippen LogP contribution in [-0.4, -0.2) is 72.5 Å². The Kier molecular flexibility index (Phi) is 8.52. The molecule has 2 rings (SSSR count). The average Bonchev–Trinajstić information content (AvgIpc) is 3.29. The first-order valence-corrected chi connectivity index (χ1v) is 15.4. The molecule has 0 spiro atoms. The van der Waals surface area contributed by atoms with Gasteiger partial charge < -0.3 is 14.4 Å². The molecule has 2 unspecified atom stereocenters. The van der Waals surface area contributed by atoms with Crippen LogP contribution in [0.3, 0.4) is 0 Å². The van der Waals surface area contributed by atoms with Gasteiger partial charge in [-0.1, -0.05) is 25.6 Å². The Hall–Kier alpha value is -3.05. The topological polar surface area (TPSA) is 101 Å². The Morgan fingerprint density at radius 1 is 1.17 bits per heavy atom. The Labute approximate surface area is 214 Å². The number of carbonyl (C=O) groups excluding carboxylic acids is 2. The van der Waals surface area contributed by atoms with Crippen molar-refractivity contribution < 1.29 is 23.5 Å². The summed E-state index contributed by atoms with van der Waals surface area (Å²) in [4.78, 5) is 28.3. The SMILES string of the molecule is CN(C(=O)OC(C)(C)C)c1c(C#N)c(C#C[Si](C)(C)C)nn1C1CC(CF)N(C(=O)OC(C)(C)C)C1. The lowest BCUT2D eigenvalue weighted by Gasteiger charge is -2.27. The van der Waals surface area contributed by atoms with Crippen molar-refractivity contribution in [1.82, 2.24) is 14.7 Å². The number of carbonyl (C=O) groups is 2. The number of nitrogens with zero attached hydrogens (tertiary/aromatic N) is 5. The van der Waals surface area contributed by atoms with Crippen LogP contribution in [0, 0.1) is 22.8 Å². The molecule has 0 aliphatic carbocycles. The molecule has 2 atom stereocenters. The van der Waals surface area contributed by atoms with E-state index >= 15 is 0 Å². The molecule has 1 aliphatic heterocycles. The molecular formula is C25H38FN5O4Si. The third-order valence-corrected chi connectivity index (χ3v) is 5.96. The second-order valence-corrected chi connectivity index (χ2v) is 16.7. The van der Waals surface area contributed by atoms with Gasteiger partial charge in [0.2, 0.25) is 0 Å². The molecule has 1 aliphatic rings. The van der Waals surface area contributed by atoms with E-state index in [1.54, 1.807) is 41.5 Å². The summed E-state index contributed by atoms with van der Waals surface area (Å²) >= 11 is 0. The summed E-state index contributed by atoms with van der Waals surface area (Å²) in [7, 11) is -0.314. The lowest BCUT2D eigenvalue weighted by Crippen LogP contribution is -2.41. The normalized spacial score (nSPS) is 18.2. The van der Waals surface area contributed by atoms with Crippen LogP contribution in [-0.2, 0) is 9.47 Å². The Balaban J connectivity index is 2.60. The van der Waals surface area contributed by atoms with Gasteiger partial charge in [0, 0.05) is 13.6 Å². The third kappa shape index (κ3) is 7.47. The first-order valence-electron chi connectivity index (χ1n) is 11.9. The van der Waals surface area contributed by atoms with E-state index in [1.165, 1.54) is 21.5 Å². The predicted octanol–water partition coefficient (Wildman–Crippen LogP) is 4.87. The number of aromatic nitrogens is 2. The fourth-order valence-electron chi connectivity index (χ4n) is 3.62. The van der Waals surface area contributed by atoms with Crippen molar-refractivity contribution in [3.8, 4) is 17.5 Å². The number of rotatable bonds is 3. The smallest absolute Gasteiger partial charge is 0.415 e. The van der Waals surface area contributed by atoms with Crippen LogP contribution in [0.5, 0.6) is 0 Å². The molecule has 2 amide bonds.